The van der Waals surface area contributed by atoms with Crippen LogP contribution in [0.25, 0.3) is 20.9 Å². The molecule has 2 atom stereocenters. The molecule has 0 aliphatic carbocycles. The summed E-state index contributed by atoms with van der Waals surface area (Å²) in [5, 5.41) is 20.3. The molecule has 5 heteroatoms. The molecule has 2 heterocycles. The van der Waals surface area contributed by atoms with Crippen LogP contribution in [0.3, 0.4) is 0 Å². The van der Waals surface area contributed by atoms with E-state index in [2.05, 4.69) is 71.1 Å². The Hall–Kier alpha value is -1.98. The second-order valence-electron chi connectivity index (χ2n) is 8.18. The number of fused-ring (bicyclic) bond motifs is 2. The third kappa shape index (κ3) is 5.38. The van der Waals surface area contributed by atoms with E-state index in [0.29, 0.717) is 6.04 Å². The normalized spacial score (nSPS) is 14.4. The summed E-state index contributed by atoms with van der Waals surface area (Å²) < 4.78 is 1.27. The van der Waals surface area contributed by atoms with Gasteiger partial charge in [0.25, 0.3) is 0 Å². The van der Waals surface area contributed by atoms with Crippen molar-refractivity contribution >= 4 is 44.6 Å². The fourth-order valence-corrected chi connectivity index (χ4v) is 4.61. The standard InChI is InChI=1S/C25H28N2OS.ClH/c1-18(27-16-19-5-6-22-17-26-12-9-20(22)14-19)4-3-11-25(2,28)23-7-8-24-21(15-23)10-13-29-24;/h5-10,12-15,17-18,27-28H,3-4,11,16H2,1-2H3;1H/t18-,25?;/m1./s1. The van der Waals surface area contributed by atoms with Crippen molar-refractivity contribution in [2.24, 2.45) is 0 Å². The summed E-state index contributed by atoms with van der Waals surface area (Å²) >= 11 is 1.74. The first-order valence-corrected chi connectivity index (χ1v) is 11.2. The molecular weight excluding hydrogens is 412 g/mol. The van der Waals surface area contributed by atoms with Crippen LogP contribution in [0.4, 0.5) is 0 Å². The van der Waals surface area contributed by atoms with Crippen molar-refractivity contribution in [3.8, 4) is 0 Å². The van der Waals surface area contributed by atoms with Gasteiger partial charge in [0.15, 0.2) is 0 Å². The van der Waals surface area contributed by atoms with E-state index in [1.54, 1.807) is 11.3 Å². The van der Waals surface area contributed by atoms with E-state index in [-0.39, 0.29) is 12.4 Å². The number of thiophene rings is 1. The van der Waals surface area contributed by atoms with Crippen molar-refractivity contribution in [2.45, 2.75) is 51.3 Å². The van der Waals surface area contributed by atoms with Crippen molar-refractivity contribution in [3.05, 3.63) is 77.4 Å². The SMILES string of the molecule is C[C@H](CCCC(C)(O)c1ccc2sccc2c1)NCc1ccc2cnccc2c1.Cl. The summed E-state index contributed by atoms with van der Waals surface area (Å²) in [7, 11) is 0. The lowest BCUT2D eigenvalue weighted by molar-refractivity contribution is 0.0445. The number of aromatic nitrogens is 1. The molecule has 0 aliphatic rings. The minimum atomic E-state index is -0.789. The first-order valence-electron chi connectivity index (χ1n) is 10.3. The van der Waals surface area contributed by atoms with Crippen LogP contribution in [0.15, 0.2) is 66.3 Å². The van der Waals surface area contributed by atoms with Crippen molar-refractivity contribution in [2.75, 3.05) is 0 Å². The van der Waals surface area contributed by atoms with E-state index in [4.69, 9.17) is 0 Å². The number of hydrogen-bond donors (Lipinski definition) is 2. The third-order valence-electron chi connectivity index (χ3n) is 5.73. The van der Waals surface area contributed by atoms with E-state index < -0.39 is 5.60 Å². The van der Waals surface area contributed by atoms with E-state index >= 15 is 0 Å². The molecule has 0 bridgehead atoms. The van der Waals surface area contributed by atoms with Crippen LogP contribution in [-0.4, -0.2) is 16.1 Å². The molecule has 0 radical (unpaired) electrons. The highest BCUT2D eigenvalue weighted by atomic mass is 35.5. The molecule has 1 unspecified atom stereocenters. The maximum Gasteiger partial charge on any atom is 0.0868 e. The summed E-state index contributed by atoms with van der Waals surface area (Å²) in [6.07, 6.45) is 6.51. The number of aliphatic hydroxyl groups is 1. The molecule has 0 fully saturated rings. The molecule has 0 amide bonds. The Bertz CT molecular complexity index is 1110. The average Bonchev–Trinajstić information content (AvgIpc) is 3.20. The quantitative estimate of drug-likeness (QED) is 0.332. The molecule has 2 aromatic heterocycles. The van der Waals surface area contributed by atoms with Crippen LogP contribution < -0.4 is 5.32 Å². The summed E-state index contributed by atoms with van der Waals surface area (Å²) in [4.78, 5) is 4.17. The molecule has 0 saturated heterocycles. The smallest absolute Gasteiger partial charge is 0.0868 e. The predicted octanol–water partition coefficient (Wildman–Crippen LogP) is 6.43. The number of hydrogen-bond acceptors (Lipinski definition) is 4. The van der Waals surface area contributed by atoms with E-state index in [0.717, 1.165) is 31.4 Å². The highest BCUT2D eigenvalue weighted by molar-refractivity contribution is 7.17. The lowest BCUT2D eigenvalue weighted by Gasteiger charge is -2.25. The molecule has 2 N–H and O–H groups in total. The number of halogens is 1. The Morgan fingerprint density at radius 2 is 1.93 bits per heavy atom. The van der Waals surface area contributed by atoms with E-state index in [9.17, 15) is 5.11 Å². The van der Waals surface area contributed by atoms with Crippen molar-refractivity contribution in [1.82, 2.24) is 10.3 Å². The van der Waals surface area contributed by atoms with Gasteiger partial charge in [0, 0.05) is 35.1 Å². The molecule has 0 spiro atoms. The zero-order valence-electron chi connectivity index (χ0n) is 17.5. The fourth-order valence-electron chi connectivity index (χ4n) is 3.84. The Morgan fingerprint density at radius 1 is 1.07 bits per heavy atom. The van der Waals surface area contributed by atoms with E-state index in [1.165, 1.54) is 26.4 Å². The molecule has 30 heavy (non-hydrogen) atoms. The summed E-state index contributed by atoms with van der Waals surface area (Å²) in [5.74, 6) is 0. The topological polar surface area (TPSA) is 45.1 Å². The summed E-state index contributed by atoms with van der Waals surface area (Å²) in [6.45, 7) is 5.00. The van der Waals surface area contributed by atoms with Crippen LogP contribution in [0.5, 0.6) is 0 Å². The number of pyridine rings is 1. The van der Waals surface area contributed by atoms with Crippen molar-refractivity contribution in [1.29, 1.82) is 0 Å². The van der Waals surface area contributed by atoms with Crippen molar-refractivity contribution < 1.29 is 5.11 Å². The molecule has 158 valence electrons. The van der Waals surface area contributed by atoms with Gasteiger partial charge in [-0.25, -0.2) is 0 Å². The highest BCUT2D eigenvalue weighted by Crippen LogP contribution is 2.31. The van der Waals surface area contributed by atoms with Gasteiger partial charge < -0.3 is 10.4 Å². The average molecular weight is 441 g/mol. The van der Waals surface area contributed by atoms with Crippen LogP contribution in [0, 0.1) is 0 Å². The zero-order chi connectivity index (χ0) is 20.3. The van der Waals surface area contributed by atoms with Crippen LogP contribution in [-0.2, 0) is 12.1 Å². The maximum atomic E-state index is 11.0. The molecule has 0 saturated carbocycles. The van der Waals surface area contributed by atoms with Crippen LogP contribution in [0.1, 0.15) is 44.2 Å². The number of nitrogens with zero attached hydrogens (tertiary/aromatic N) is 1. The number of nitrogens with one attached hydrogen (secondary N) is 1. The van der Waals surface area contributed by atoms with Gasteiger partial charge in [0.1, 0.15) is 0 Å². The molecule has 3 nitrogen and oxygen atoms in total. The molecule has 4 aromatic rings. The van der Waals surface area contributed by atoms with Gasteiger partial charge in [0.05, 0.1) is 5.60 Å². The lowest BCUT2D eigenvalue weighted by Crippen LogP contribution is -2.27. The van der Waals surface area contributed by atoms with Gasteiger partial charge in [-0.2, -0.15) is 0 Å². The van der Waals surface area contributed by atoms with Gasteiger partial charge in [0.2, 0.25) is 0 Å². The van der Waals surface area contributed by atoms with Crippen LogP contribution >= 0.6 is 23.7 Å². The highest BCUT2D eigenvalue weighted by Gasteiger charge is 2.23. The van der Waals surface area contributed by atoms with Gasteiger partial charge in [-0.3, -0.25) is 4.98 Å². The minimum Gasteiger partial charge on any atom is -0.385 e. The lowest BCUT2D eigenvalue weighted by atomic mass is 9.89. The monoisotopic (exact) mass is 440 g/mol. The van der Waals surface area contributed by atoms with Gasteiger partial charge in [-0.05, 0) is 90.7 Å². The predicted molar refractivity (Wildman–Crippen MR) is 131 cm³/mol. The number of rotatable bonds is 8. The Balaban J connectivity index is 0.00000256. The maximum absolute atomic E-state index is 11.0. The van der Waals surface area contributed by atoms with Crippen molar-refractivity contribution in [3.63, 3.8) is 0 Å². The Kier molecular flexibility index (Phi) is 7.48. The Labute approximate surface area is 188 Å². The number of benzene rings is 2. The van der Waals surface area contributed by atoms with Gasteiger partial charge in [-0.15, -0.1) is 23.7 Å². The summed E-state index contributed by atoms with van der Waals surface area (Å²) in [6, 6.07) is 17.4. The molecule has 0 aliphatic heterocycles. The molecule has 4 rings (SSSR count). The molecule has 2 aromatic carbocycles. The van der Waals surface area contributed by atoms with Crippen LogP contribution in [0.2, 0.25) is 0 Å². The van der Waals surface area contributed by atoms with Gasteiger partial charge >= 0.3 is 0 Å². The first-order chi connectivity index (χ1) is 14.0. The largest absolute Gasteiger partial charge is 0.385 e. The molecular formula is C25H29ClN2OS. The minimum absolute atomic E-state index is 0. The second kappa shape index (κ2) is 9.88. The van der Waals surface area contributed by atoms with Gasteiger partial charge in [-0.1, -0.05) is 18.2 Å². The Morgan fingerprint density at radius 3 is 2.80 bits per heavy atom. The van der Waals surface area contributed by atoms with E-state index in [1.807, 2.05) is 19.3 Å². The second-order valence-corrected chi connectivity index (χ2v) is 9.13. The summed E-state index contributed by atoms with van der Waals surface area (Å²) in [5.41, 5.74) is 1.50. The third-order valence-corrected chi connectivity index (χ3v) is 6.63. The zero-order valence-corrected chi connectivity index (χ0v) is 19.1. The fraction of sp³-hybridized carbons (Fsp3) is 0.320. The first kappa shape index (κ1) is 22.7.